The number of rotatable bonds is 9. The molecule has 2 aliphatic rings. The number of aliphatic hydroxyl groups is 1. The number of thiophene rings is 1. The van der Waals surface area contributed by atoms with E-state index >= 15 is 0 Å². The SMILES string of the molecule is CCc1ccc(Cc2cc([C@@H]3O[C@@H]4CO[Si](C(C)(C)C)(C(C)(C)C)O[C@H]4[C@H](O[Si](C(C)C)(C(C)C)C(C)C)[C@H]3O)cs2)cc1. The summed E-state index contributed by atoms with van der Waals surface area (Å²) in [5, 5.41) is 14.1. The monoisotopic (exact) mass is 660 g/mol. The first-order valence-corrected chi connectivity index (χ1v) is 21.7. The molecule has 1 aromatic heterocycles. The topological polar surface area (TPSA) is 57.2 Å². The molecule has 5 atom stereocenters. The molecule has 8 heteroatoms. The van der Waals surface area contributed by atoms with Gasteiger partial charge in [-0.2, -0.15) is 0 Å². The molecule has 1 N–H and O–H groups in total. The number of benzene rings is 1. The second-order valence-corrected chi connectivity index (χ2v) is 27.3. The summed E-state index contributed by atoms with van der Waals surface area (Å²) in [7, 11) is -5.20. The molecule has 1 aromatic carbocycles. The highest BCUT2D eigenvalue weighted by molar-refractivity contribution is 7.10. The molecular formula is C36H60O5SSi2. The molecule has 0 saturated carbocycles. The van der Waals surface area contributed by atoms with E-state index < -0.39 is 41.3 Å². The van der Waals surface area contributed by atoms with Gasteiger partial charge in [-0.05, 0) is 51.2 Å². The Labute approximate surface area is 274 Å². The van der Waals surface area contributed by atoms with E-state index in [1.807, 2.05) is 0 Å². The molecule has 0 unspecified atom stereocenters. The third-order valence-corrected chi connectivity index (χ3v) is 22.4. The number of ether oxygens (including phenoxy) is 1. The van der Waals surface area contributed by atoms with Gasteiger partial charge in [-0.25, -0.2) is 0 Å². The minimum Gasteiger partial charge on any atom is -0.408 e. The van der Waals surface area contributed by atoms with Crippen molar-refractivity contribution in [2.75, 3.05) is 6.61 Å². The van der Waals surface area contributed by atoms with Crippen molar-refractivity contribution < 1.29 is 23.1 Å². The Morgan fingerprint density at radius 2 is 1.48 bits per heavy atom. The lowest BCUT2D eigenvalue weighted by atomic mass is 9.92. The third kappa shape index (κ3) is 6.61. The number of hydrogen-bond donors (Lipinski definition) is 1. The highest BCUT2D eigenvalue weighted by atomic mass is 32.1. The third-order valence-electron chi connectivity index (χ3n) is 10.2. The Hall–Kier alpha value is -0.846. The molecule has 0 aliphatic carbocycles. The molecule has 44 heavy (non-hydrogen) atoms. The van der Waals surface area contributed by atoms with E-state index in [-0.39, 0.29) is 16.2 Å². The molecule has 0 bridgehead atoms. The van der Waals surface area contributed by atoms with Crippen molar-refractivity contribution in [1.29, 1.82) is 0 Å². The maximum atomic E-state index is 12.3. The first-order chi connectivity index (χ1) is 20.4. The van der Waals surface area contributed by atoms with E-state index in [9.17, 15) is 5.11 Å². The fourth-order valence-corrected chi connectivity index (χ4v) is 19.8. The summed E-state index contributed by atoms with van der Waals surface area (Å²) < 4.78 is 28.5. The van der Waals surface area contributed by atoms with E-state index in [0.29, 0.717) is 23.2 Å². The van der Waals surface area contributed by atoms with Gasteiger partial charge >= 0.3 is 8.56 Å². The quantitative estimate of drug-likeness (QED) is 0.272. The van der Waals surface area contributed by atoms with Crippen LogP contribution in [0.4, 0.5) is 0 Å². The van der Waals surface area contributed by atoms with Crippen molar-refractivity contribution in [3.8, 4) is 0 Å². The van der Waals surface area contributed by atoms with Crippen LogP contribution in [0.3, 0.4) is 0 Å². The van der Waals surface area contributed by atoms with Gasteiger partial charge in [0, 0.05) is 21.4 Å². The molecule has 5 nitrogen and oxygen atoms in total. The first-order valence-electron chi connectivity index (χ1n) is 16.9. The van der Waals surface area contributed by atoms with Gasteiger partial charge in [0.15, 0.2) is 0 Å². The van der Waals surface area contributed by atoms with Crippen molar-refractivity contribution in [1.82, 2.24) is 0 Å². The van der Waals surface area contributed by atoms with Gasteiger partial charge in [0.2, 0.25) is 8.32 Å². The number of aliphatic hydroxyl groups excluding tert-OH is 1. The van der Waals surface area contributed by atoms with Crippen molar-refractivity contribution in [3.05, 3.63) is 57.3 Å². The largest absolute Gasteiger partial charge is 0.408 e. The maximum Gasteiger partial charge on any atom is 0.349 e. The second kappa shape index (κ2) is 13.3. The van der Waals surface area contributed by atoms with Crippen molar-refractivity contribution in [2.24, 2.45) is 0 Å². The van der Waals surface area contributed by atoms with E-state index in [0.717, 1.165) is 18.4 Å². The van der Waals surface area contributed by atoms with Crippen LogP contribution in [0.1, 0.15) is 118 Å². The maximum absolute atomic E-state index is 12.3. The molecule has 4 rings (SSSR count). The highest BCUT2D eigenvalue weighted by Crippen LogP contribution is 2.56. The first kappa shape index (κ1) is 36.0. The standard InChI is InChI=1S/C36H60O5SSi2/c1-14-26-15-17-27(18-16-26)19-29-20-28(22-42-29)32-31(37)34(40-43(23(2)3,24(4)5)25(6)7)33-30(39-32)21-38-44(41-33,35(8,9)10)36(11,12)13/h15-18,20,22-25,30-34,37H,14,19,21H2,1-13H3/t30-,31+,32+,33-,34-/m1/s1. The molecule has 3 heterocycles. The normalized spacial score (nSPS) is 26.4. The van der Waals surface area contributed by atoms with Crippen LogP contribution in [0, 0.1) is 0 Å². The van der Waals surface area contributed by atoms with Gasteiger partial charge in [0.05, 0.1) is 6.61 Å². The molecule has 2 saturated heterocycles. The van der Waals surface area contributed by atoms with Crippen molar-refractivity contribution in [2.45, 2.75) is 160 Å². The molecule has 2 aliphatic heterocycles. The molecular weight excluding hydrogens is 601 g/mol. The fraction of sp³-hybridized carbons (Fsp3) is 0.722. The van der Waals surface area contributed by atoms with Crippen LogP contribution < -0.4 is 0 Å². The predicted octanol–water partition coefficient (Wildman–Crippen LogP) is 9.72. The number of aryl methyl sites for hydroxylation is 1. The Morgan fingerprint density at radius 1 is 0.932 bits per heavy atom. The van der Waals surface area contributed by atoms with Gasteiger partial charge in [0.25, 0.3) is 0 Å². The molecule has 248 valence electrons. The average Bonchev–Trinajstić information content (AvgIpc) is 3.38. The summed E-state index contributed by atoms with van der Waals surface area (Å²) in [5.41, 5.74) is 4.81. The van der Waals surface area contributed by atoms with Crippen LogP contribution in [-0.4, -0.2) is 53.0 Å². The lowest BCUT2D eigenvalue weighted by Crippen LogP contribution is -2.71. The minimum absolute atomic E-state index is 0.178. The van der Waals surface area contributed by atoms with Gasteiger partial charge in [-0.3, -0.25) is 0 Å². The van der Waals surface area contributed by atoms with Gasteiger partial charge in [-0.15, -0.1) is 11.3 Å². The van der Waals surface area contributed by atoms with Crippen molar-refractivity contribution >= 4 is 28.2 Å². The summed E-state index contributed by atoms with van der Waals surface area (Å²) in [6, 6.07) is 11.1. The zero-order valence-electron chi connectivity index (χ0n) is 29.7. The van der Waals surface area contributed by atoms with Gasteiger partial charge < -0.3 is 23.1 Å². The molecule has 0 amide bonds. The minimum atomic E-state index is -2.82. The summed E-state index contributed by atoms with van der Waals surface area (Å²) in [4.78, 5) is 1.26. The predicted molar refractivity (Wildman–Crippen MR) is 188 cm³/mol. The number of fused-ring (bicyclic) bond motifs is 1. The van der Waals surface area contributed by atoms with Crippen LogP contribution >= 0.6 is 11.3 Å². The van der Waals surface area contributed by atoms with Crippen molar-refractivity contribution in [3.63, 3.8) is 0 Å². The zero-order chi connectivity index (χ0) is 32.8. The average molecular weight is 661 g/mol. The van der Waals surface area contributed by atoms with E-state index in [1.54, 1.807) is 11.3 Å². The Morgan fingerprint density at radius 3 is 1.98 bits per heavy atom. The Kier molecular flexibility index (Phi) is 10.9. The zero-order valence-corrected chi connectivity index (χ0v) is 32.5. The molecule has 2 aromatic rings. The summed E-state index contributed by atoms with van der Waals surface area (Å²) in [6.45, 7) is 29.9. The van der Waals surface area contributed by atoms with Crippen LogP contribution in [0.2, 0.25) is 26.7 Å². The Bertz CT molecular complexity index is 1190. The molecule has 2 fully saturated rings. The highest BCUT2D eigenvalue weighted by Gasteiger charge is 2.65. The van der Waals surface area contributed by atoms with E-state index in [2.05, 4.69) is 126 Å². The summed E-state index contributed by atoms with van der Waals surface area (Å²) >= 11 is 1.74. The van der Waals surface area contributed by atoms with Crippen LogP contribution in [0.5, 0.6) is 0 Å². The smallest absolute Gasteiger partial charge is 0.349 e. The lowest BCUT2D eigenvalue weighted by molar-refractivity contribution is -0.243. The Balaban J connectivity index is 1.73. The van der Waals surface area contributed by atoms with Gasteiger partial charge in [-0.1, -0.05) is 114 Å². The van der Waals surface area contributed by atoms with Crippen LogP contribution in [0.15, 0.2) is 35.7 Å². The van der Waals surface area contributed by atoms with E-state index in [1.165, 1.54) is 16.0 Å². The molecule has 0 spiro atoms. The fourth-order valence-electron chi connectivity index (χ4n) is 8.33. The number of hydrogen-bond acceptors (Lipinski definition) is 6. The molecule has 0 radical (unpaired) electrons. The second-order valence-electron chi connectivity index (χ2n) is 16.2. The van der Waals surface area contributed by atoms with Gasteiger partial charge in [0.1, 0.15) is 30.5 Å². The lowest BCUT2D eigenvalue weighted by Gasteiger charge is -2.59. The van der Waals surface area contributed by atoms with E-state index in [4.69, 9.17) is 18.0 Å². The van der Waals surface area contributed by atoms with Crippen LogP contribution in [0.25, 0.3) is 0 Å². The summed E-state index contributed by atoms with van der Waals surface area (Å²) in [6.07, 6.45) is -0.648. The summed E-state index contributed by atoms with van der Waals surface area (Å²) in [5.74, 6) is 0. The van der Waals surface area contributed by atoms with Crippen LogP contribution in [-0.2, 0) is 30.9 Å².